The van der Waals surface area contributed by atoms with Gasteiger partial charge < -0.3 is 0 Å². The maximum atomic E-state index is 10.1. The van der Waals surface area contributed by atoms with Crippen LogP contribution in [-0.2, 0) is 4.79 Å². The van der Waals surface area contributed by atoms with Gasteiger partial charge in [-0.1, -0.05) is 18.2 Å². The van der Waals surface area contributed by atoms with Crippen LogP contribution in [0.1, 0.15) is 13.3 Å². The molecule has 0 aromatic rings. The standard InChI is InChI=1S/C11H13NO/c1-2-12-11-7-5-10(6-8-11)4-3-9-13/h3-7,9H,2,8H2,1H3. The van der Waals surface area contributed by atoms with E-state index in [0.29, 0.717) is 0 Å². The summed E-state index contributed by atoms with van der Waals surface area (Å²) in [4.78, 5) is 14.3. The van der Waals surface area contributed by atoms with Crippen molar-refractivity contribution < 1.29 is 4.79 Å². The summed E-state index contributed by atoms with van der Waals surface area (Å²) in [5, 5.41) is 0. The van der Waals surface area contributed by atoms with Gasteiger partial charge in [-0.3, -0.25) is 9.79 Å². The zero-order chi connectivity index (χ0) is 9.52. The molecule has 0 aliphatic heterocycles. The molecule has 0 aromatic heterocycles. The molecule has 0 saturated carbocycles. The van der Waals surface area contributed by atoms with Crippen molar-refractivity contribution in [3.8, 4) is 0 Å². The van der Waals surface area contributed by atoms with Crippen molar-refractivity contribution in [2.24, 2.45) is 4.99 Å². The number of carbonyl (C=O) groups excluding carboxylic acids is 1. The van der Waals surface area contributed by atoms with Crippen LogP contribution in [-0.4, -0.2) is 18.5 Å². The Morgan fingerprint density at radius 2 is 2.38 bits per heavy atom. The first-order valence-corrected chi connectivity index (χ1v) is 4.40. The Balaban J connectivity index is 2.59. The lowest BCUT2D eigenvalue weighted by molar-refractivity contribution is -0.104. The van der Waals surface area contributed by atoms with Crippen LogP contribution in [0.5, 0.6) is 0 Å². The fraction of sp³-hybridized carbons (Fsp3) is 0.273. The highest BCUT2D eigenvalue weighted by molar-refractivity contribution is 5.97. The Kier molecular flexibility index (Phi) is 3.89. The molecular weight excluding hydrogens is 162 g/mol. The predicted octanol–water partition coefficient (Wildman–Crippen LogP) is 2.09. The number of nitrogens with zero attached hydrogens (tertiary/aromatic N) is 1. The monoisotopic (exact) mass is 175 g/mol. The fourth-order valence-corrected chi connectivity index (χ4v) is 1.15. The minimum absolute atomic E-state index is 0.782. The molecule has 0 atom stereocenters. The molecule has 0 fully saturated rings. The molecule has 68 valence electrons. The Morgan fingerprint density at radius 1 is 1.54 bits per heavy atom. The van der Waals surface area contributed by atoms with E-state index in [1.54, 1.807) is 6.08 Å². The number of carbonyl (C=O) groups is 1. The van der Waals surface area contributed by atoms with Crippen molar-refractivity contribution >= 4 is 12.0 Å². The highest BCUT2D eigenvalue weighted by Crippen LogP contribution is 2.09. The quantitative estimate of drug-likeness (QED) is 0.477. The zero-order valence-corrected chi connectivity index (χ0v) is 7.73. The molecule has 0 heterocycles. The summed E-state index contributed by atoms with van der Waals surface area (Å²) in [6.07, 6.45) is 11.0. The van der Waals surface area contributed by atoms with Crippen LogP contribution in [0.15, 0.2) is 40.9 Å². The lowest BCUT2D eigenvalue weighted by atomic mass is 10.1. The first kappa shape index (κ1) is 9.65. The molecular formula is C11H13NO. The summed E-state index contributed by atoms with van der Waals surface area (Å²) >= 11 is 0. The maximum absolute atomic E-state index is 10.1. The van der Waals surface area contributed by atoms with Gasteiger partial charge >= 0.3 is 0 Å². The van der Waals surface area contributed by atoms with E-state index in [2.05, 4.69) is 11.1 Å². The van der Waals surface area contributed by atoms with Crippen LogP contribution in [0, 0.1) is 0 Å². The molecule has 0 N–H and O–H groups in total. The van der Waals surface area contributed by atoms with E-state index in [-0.39, 0.29) is 0 Å². The number of aliphatic imine (C=N–C) groups is 1. The van der Waals surface area contributed by atoms with Crippen molar-refractivity contribution in [1.29, 1.82) is 0 Å². The largest absolute Gasteiger partial charge is 0.299 e. The number of rotatable bonds is 3. The molecule has 1 aliphatic carbocycles. The minimum Gasteiger partial charge on any atom is -0.299 e. The first-order chi connectivity index (χ1) is 6.36. The molecule has 0 spiro atoms. The van der Waals surface area contributed by atoms with Crippen molar-refractivity contribution in [1.82, 2.24) is 0 Å². The summed E-state index contributed by atoms with van der Waals surface area (Å²) in [6, 6.07) is 0. The molecule has 0 unspecified atom stereocenters. The molecule has 0 saturated heterocycles. The van der Waals surface area contributed by atoms with Gasteiger partial charge in [0.1, 0.15) is 6.29 Å². The second-order valence-corrected chi connectivity index (χ2v) is 2.70. The predicted molar refractivity (Wildman–Crippen MR) is 55.0 cm³/mol. The average Bonchev–Trinajstić information content (AvgIpc) is 2.17. The molecule has 0 aromatic carbocycles. The van der Waals surface area contributed by atoms with Gasteiger partial charge in [-0.05, 0) is 24.6 Å². The Morgan fingerprint density at radius 3 is 2.92 bits per heavy atom. The Hall–Kier alpha value is -1.44. The van der Waals surface area contributed by atoms with Crippen molar-refractivity contribution in [3.05, 3.63) is 36.0 Å². The van der Waals surface area contributed by atoms with E-state index in [9.17, 15) is 4.79 Å². The Bertz CT molecular complexity index is 295. The van der Waals surface area contributed by atoms with E-state index < -0.39 is 0 Å². The van der Waals surface area contributed by atoms with Crippen LogP contribution < -0.4 is 0 Å². The van der Waals surface area contributed by atoms with Crippen molar-refractivity contribution in [2.45, 2.75) is 13.3 Å². The van der Waals surface area contributed by atoms with E-state index in [4.69, 9.17) is 0 Å². The third kappa shape index (κ3) is 3.20. The summed E-state index contributed by atoms with van der Waals surface area (Å²) < 4.78 is 0. The van der Waals surface area contributed by atoms with Crippen molar-refractivity contribution in [3.63, 3.8) is 0 Å². The SMILES string of the molecule is CCN=C1C=CC(C=CC=O)=CC1. The highest BCUT2D eigenvalue weighted by Gasteiger charge is 1.98. The lowest BCUT2D eigenvalue weighted by Crippen LogP contribution is -1.97. The topological polar surface area (TPSA) is 29.4 Å². The van der Waals surface area contributed by atoms with E-state index in [0.717, 1.165) is 30.5 Å². The van der Waals surface area contributed by atoms with E-state index in [1.807, 2.05) is 19.1 Å². The molecule has 0 amide bonds. The zero-order valence-electron chi connectivity index (χ0n) is 7.73. The lowest BCUT2D eigenvalue weighted by Gasteiger charge is -2.03. The third-order valence-corrected chi connectivity index (χ3v) is 1.74. The smallest absolute Gasteiger partial charge is 0.142 e. The molecule has 0 radical (unpaired) electrons. The van der Waals surface area contributed by atoms with Gasteiger partial charge in [0.25, 0.3) is 0 Å². The van der Waals surface area contributed by atoms with Crippen LogP contribution in [0.2, 0.25) is 0 Å². The van der Waals surface area contributed by atoms with Crippen LogP contribution in [0.25, 0.3) is 0 Å². The second-order valence-electron chi connectivity index (χ2n) is 2.70. The summed E-state index contributed by atoms with van der Waals surface area (Å²) in [5.74, 6) is 0. The second kappa shape index (κ2) is 5.25. The molecule has 1 aliphatic rings. The molecule has 1 rings (SSSR count). The van der Waals surface area contributed by atoms with E-state index in [1.165, 1.54) is 6.08 Å². The van der Waals surface area contributed by atoms with Gasteiger partial charge in [0, 0.05) is 18.7 Å². The van der Waals surface area contributed by atoms with Gasteiger partial charge in [0.05, 0.1) is 0 Å². The number of hydrogen-bond acceptors (Lipinski definition) is 2. The molecule has 2 nitrogen and oxygen atoms in total. The molecule has 2 heteroatoms. The van der Waals surface area contributed by atoms with Gasteiger partial charge in [0.2, 0.25) is 0 Å². The van der Waals surface area contributed by atoms with Gasteiger partial charge in [-0.2, -0.15) is 0 Å². The maximum Gasteiger partial charge on any atom is 0.142 e. The Labute approximate surface area is 78.4 Å². The normalized spacial score (nSPS) is 19.5. The van der Waals surface area contributed by atoms with Gasteiger partial charge in [-0.15, -0.1) is 0 Å². The minimum atomic E-state index is 0.782. The summed E-state index contributed by atoms with van der Waals surface area (Å²) in [5.41, 5.74) is 2.17. The van der Waals surface area contributed by atoms with Gasteiger partial charge in [-0.25, -0.2) is 0 Å². The molecule has 0 bridgehead atoms. The summed E-state index contributed by atoms with van der Waals surface area (Å²) in [7, 11) is 0. The highest BCUT2D eigenvalue weighted by atomic mass is 16.1. The van der Waals surface area contributed by atoms with E-state index >= 15 is 0 Å². The fourth-order valence-electron chi connectivity index (χ4n) is 1.15. The average molecular weight is 175 g/mol. The van der Waals surface area contributed by atoms with Crippen LogP contribution in [0.4, 0.5) is 0 Å². The first-order valence-electron chi connectivity index (χ1n) is 4.40. The van der Waals surface area contributed by atoms with Crippen molar-refractivity contribution in [2.75, 3.05) is 6.54 Å². The molecule has 13 heavy (non-hydrogen) atoms. The van der Waals surface area contributed by atoms with Crippen LogP contribution >= 0.6 is 0 Å². The number of aldehydes is 1. The van der Waals surface area contributed by atoms with Crippen LogP contribution in [0.3, 0.4) is 0 Å². The number of allylic oxidation sites excluding steroid dienone is 6. The number of hydrogen-bond donors (Lipinski definition) is 0. The van der Waals surface area contributed by atoms with Gasteiger partial charge in [0.15, 0.2) is 0 Å². The summed E-state index contributed by atoms with van der Waals surface area (Å²) in [6.45, 7) is 2.85. The third-order valence-electron chi connectivity index (χ3n) is 1.74.